The van der Waals surface area contributed by atoms with Crippen LogP contribution in [0.2, 0.25) is 0 Å². The summed E-state index contributed by atoms with van der Waals surface area (Å²) >= 11 is 0. The molecule has 11 heteroatoms. The quantitative estimate of drug-likeness (QED) is 0.448. The number of primary amides is 1. The van der Waals surface area contributed by atoms with E-state index in [-0.39, 0.29) is 41.7 Å². The number of likely N-dealkylation sites (N-methyl/N-ethyl adjacent to an activating group) is 1. The second-order valence-corrected chi connectivity index (χ2v) is 13.3. The first-order valence-electron chi connectivity index (χ1n) is 13.6. The number of hydrogen-bond acceptors (Lipinski definition) is 9. The average Bonchev–Trinajstić information content (AvgIpc) is 2.83. The second kappa shape index (κ2) is 9.25. The number of nitrogens with two attached hydrogens (primary N) is 1. The van der Waals surface area contributed by atoms with Gasteiger partial charge in [0.25, 0.3) is 0 Å². The SMILES string of the molecule is CN(C)[C@@H]1C(=O)C(C(N)=O)C(=O)[C@@]2(O)C(=O)C3C(=O)c4c(O)c5c(c(F)c4C[C@H]3C[C@@H]12)CCN(CC(C)(C)C)C5. The first kappa shape index (κ1) is 28.5. The molecular weight excluding hydrogens is 521 g/mol. The van der Waals surface area contributed by atoms with Crippen LogP contribution in [0.3, 0.4) is 0 Å². The molecule has 3 aliphatic carbocycles. The number of benzene rings is 1. The molecule has 216 valence electrons. The van der Waals surface area contributed by atoms with Gasteiger partial charge in [0.05, 0.1) is 17.5 Å². The molecule has 0 saturated heterocycles. The summed E-state index contributed by atoms with van der Waals surface area (Å²) in [6.07, 6.45) is 0.159. The number of halogens is 1. The monoisotopic (exact) mass is 557 g/mol. The molecule has 1 aromatic rings. The van der Waals surface area contributed by atoms with Crippen molar-refractivity contribution in [2.45, 2.75) is 58.2 Å². The van der Waals surface area contributed by atoms with Crippen molar-refractivity contribution >= 4 is 29.0 Å². The summed E-state index contributed by atoms with van der Waals surface area (Å²) in [5.41, 5.74) is 2.88. The molecule has 0 aromatic heterocycles. The Hall–Kier alpha value is -3.02. The van der Waals surface area contributed by atoms with E-state index in [1.165, 1.54) is 19.0 Å². The maximum Gasteiger partial charge on any atom is 0.235 e. The van der Waals surface area contributed by atoms with Crippen LogP contribution < -0.4 is 5.73 Å². The van der Waals surface area contributed by atoms with Gasteiger partial charge in [-0.3, -0.25) is 33.8 Å². The van der Waals surface area contributed by atoms with Gasteiger partial charge in [0.15, 0.2) is 34.7 Å². The summed E-state index contributed by atoms with van der Waals surface area (Å²) in [6, 6.07) is -1.20. The van der Waals surface area contributed by atoms with Crippen LogP contribution in [0.25, 0.3) is 0 Å². The Balaban J connectivity index is 1.60. The molecular formula is C29H36FN3O7. The van der Waals surface area contributed by atoms with Crippen LogP contribution in [0.5, 0.6) is 5.75 Å². The molecule has 5 rings (SSSR count). The zero-order chi connectivity index (χ0) is 29.6. The molecule has 40 heavy (non-hydrogen) atoms. The van der Waals surface area contributed by atoms with Crippen molar-refractivity contribution < 1.29 is 38.6 Å². The van der Waals surface area contributed by atoms with Crippen LogP contribution in [0.1, 0.15) is 54.2 Å². The first-order valence-corrected chi connectivity index (χ1v) is 13.6. The first-order chi connectivity index (χ1) is 18.5. The van der Waals surface area contributed by atoms with E-state index in [2.05, 4.69) is 25.7 Å². The lowest BCUT2D eigenvalue weighted by Gasteiger charge is -2.52. The van der Waals surface area contributed by atoms with Gasteiger partial charge in [-0.2, -0.15) is 0 Å². The lowest BCUT2D eigenvalue weighted by molar-refractivity contribution is -0.181. The van der Waals surface area contributed by atoms with Crippen molar-refractivity contribution in [3.8, 4) is 5.75 Å². The van der Waals surface area contributed by atoms with Gasteiger partial charge in [-0.15, -0.1) is 0 Å². The van der Waals surface area contributed by atoms with Crippen LogP contribution in [0.4, 0.5) is 4.39 Å². The van der Waals surface area contributed by atoms with E-state index < -0.39 is 70.2 Å². The number of fused-ring (bicyclic) bond motifs is 4. The third-order valence-corrected chi connectivity index (χ3v) is 9.13. The Morgan fingerprint density at radius 1 is 1.12 bits per heavy atom. The van der Waals surface area contributed by atoms with Crippen LogP contribution in [0.15, 0.2) is 0 Å². The highest BCUT2D eigenvalue weighted by Crippen LogP contribution is 2.52. The summed E-state index contributed by atoms with van der Waals surface area (Å²) in [5.74, 6) is -12.0. The van der Waals surface area contributed by atoms with Crippen LogP contribution in [-0.2, 0) is 38.6 Å². The Labute approximate surface area is 231 Å². The lowest BCUT2D eigenvalue weighted by atomic mass is 9.52. The summed E-state index contributed by atoms with van der Waals surface area (Å²) in [5, 5.41) is 23.0. The molecule has 1 heterocycles. The van der Waals surface area contributed by atoms with Gasteiger partial charge in [-0.05, 0) is 50.3 Å². The molecule has 0 radical (unpaired) electrons. The van der Waals surface area contributed by atoms with E-state index in [1.807, 2.05) is 0 Å². The molecule has 1 aromatic carbocycles. The fourth-order valence-electron chi connectivity index (χ4n) is 7.61. The summed E-state index contributed by atoms with van der Waals surface area (Å²) < 4.78 is 16.0. The predicted octanol–water partition coefficient (Wildman–Crippen LogP) is 0.410. The second-order valence-electron chi connectivity index (χ2n) is 13.3. The summed E-state index contributed by atoms with van der Waals surface area (Å²) in [7, 11) is 3.03. The minimum atomic E-state index is -2.80. The molecule has 2 fully saturated rings. The standard InChI is InChI=1S/C29H36FN3O7/c1-28(2,3)11-33-7-6-13-15(10-33)22(34)18-14(20(13)30)8-12-9-16-21(32(4)5)24(36)19(27(31)39)26(38)29(16,40)25(37)17(12)23(18)35/h12,16-17,19,21,34,40H,6-11H2,1-5H3,(H2,31,39)/t12-,16-,17?,19?,21-,29-/m0/s1. The highest BCUT2D eigenvalue weighted by molar-refractivity contribution is 6.32. The van der Waals surface area contributed by atoms with Crippen molar-refractivity contribution in [2.75, 3.05) is 27.2 Å². The number of aromatic hydroxyl groups is 1. The van der Waals surface area contributed by atoms with Gasteiger partial charge >= 0.3 is 0 Å². The zero-order valence-corrected chi connectivity index (χ0v) is 23.4. The largest absolute Gasteiger partial charge is 0.507 e. The number of nitrogens with zero attached hydrogens (tertiary/aromatic N) is 2. The van der Waals surface area contributed by atoms with E-state index >= 15 is 4.39 Å². The highest BCUT2D eigenvalue weighted by atomic mass is 19.1. The molecule has 10 nitrogen and oxygen atoms in total. The topological polar surface area (TPSA) is 158 Å². The minimum Gasteiger partial charge on any atom is -0.507 e. The normalized spacial score (nSPS) is 32.5. The Morgan fingerprint density at radius 3 is 2.35 bits per heavy atom. The third-order valence-electron chi connectivity index (χ3n) is 9.13. The van der Waals surface area contributed by atoms with Crippen molar-refractivity contribution in [3.05, 3.63) is 28.1 Å². The number of carbonyl (C=O) groups is 5. The van der Waals surface area contributed by atoms with Crippen LogP contribution >= 0.6 is 0 Å². The number of phenols is 1. The fourth-order valence-corrected chi connectivity index (χ4v) is 7.61. The van der Waals surface area contributed by atoms with Crippen molar-refractivity contribution in [1.82, 2.24) is 9.80 Å². The number of Topliss-reactive ketones (excluding diaryl/α,β-unsaturated/α-hetero) is 4. The molecule has 4 aliphatic rings. The molecule has 2 unspecified atom stereocenters. The van der Waals surface area contributed by atoms with Gasteiger partial charge < -0.3 is 15.9 Å². The number of ketones is 4. The van der Waals surface area contributed by atoms with Crippen molar-refractivity contribution in [1.29, 1.82) is 0 Å². The average molecular weight is 558 g/mol. The maximum atomic E-state index is 16.0. The number of hydrogen-bond donors (Lipinski definition) is 3. The molecule has 6 atom stereocenters. The number of carbonyl (C=O) groups excluding carboxylic acids is 5. The molecule has 2 saturated carbocycles. The smallest absolute Gasteiger partial charge is 0.235 e. The Bertz CT molecular complexity index is 1370. The third kappa shape index (κ3) is 3.96. The highest BCUT2D eigenvalue weighted by Gasteiger charge is 2.69. The van der Waals surface area contributed by atoms with E-state index in [1.54, 1.807) is 0 Å². The van der Waals surface area contributed by atoms with Crippen molar-refractivity contribution in [3.63, 3.8) is 0 Å². The number of aliphatic hydroxyl groups is 1. The van der Waals surface area contributed by atoms with Gasteiger partial charge in [-0.1, -0.05) is 20.8 Å². The maximum absolute atomic E-state index is 16.0. The predicted molar refractivity (Wildman–Crippen MR) is 140 cm³/mol. The summed E-state index contributed by atoms with van der Waals surface area (Å²) in [4.78, 5) is 69.9. The number of phenolic OH excluding ortho intramolecular Hbond substituents is 1. The van der Waals surface area contributed by atoms with E-state index in [4.69, 9.17) is 5.73 Å². The lowest BCUT2D eigenvalue weighted by Crippen LogP contribution is -2.74. The minimum absolute atomic E-state index is 0.0230. The molecule has 0 spiro atoms. The van der Waals surface area contributed by atoms with Gasteiger partial charge in [0, 0.05) is 36.7 Å². The number of amides is 1. The fraction of sp³-hybridized carbons (Fsp3) is 0.621. The summed E-state index contributed by atoms with van der Waals surface area (Å²) in [6.45, 7) is 7.70. The van der Waals surface area contributed by atoms with Crippen LogP contribution in [0, 0.1) is 34.9 Å². The molecule has 0 bridgehead atoms. The molecule has 1 aliphatic heterocycles. The van der Waals surface area contributed by atoms with E-state index in [0.29, 0.717) is 30.6 Å². The Morgan fingerprint density at radius 2 is 1.77 bits per heavy atom. The zero-order valence-electron chi connectivity index (χ0n) is 23.4. The Kier molecular flexibility index (Phi) is 6.59. The van der Waals surface area contributed by atoms with Crippen LogP contribution in [-0.4, -0.2) is 87.9 Å². The van der Waals surface area contributed by atoms with Gasteiger partial charge in [0.2, 0.25) is 5.91 Å². The van der Waals surface area contributed by atoms with Gasteiger partial charge in [-0.25, -0.2) is 4.39 Å². The van der Waals surface area contributed by atoms with Crippen molar-refractivity contribution in [2.24, 2.45) is 34.8 Å². The molecule has 4 N–H and O–H groups in total. The number of rotatable bonds is 3. The molecule has 1 amide bonds. The van der Waals surface area contributed by atoms with Gasteiger partial charge in [0.1, 0.15) is 11.6 Å². The van der Waals surface area contributed by atoms with E-state index in [0.717, 1.165) is 0 Å². The van der Waals surface area contributed by atoms with E-state index in [9.17, 15) is 34.2 Å².